The van der Waals surface area contributed by atoms with Gasteiger partial charge in [0.1, 0.15) is 0 Å². The molecule has 7 heteroatoms. The van der Waals surface area contributed by atoms with Crippen LogP contribution < -0.4 is 22.3 Å². The van der Waals surface area contributed by atoms with Crippen LogP contribution >= 0.6 is 0 Å². The molecule has 0 fully saturated rings. The van der Waals surface area contributed by atoms with Crippen molar-refractivity contribution < 1.29 is 9.21 Å². The Morgan fingerprint density at radius 3 is 2.89 bits per heavy atom. The smallest absolute Gasteiger partial charge is 0.408 e. The third kappa shape index (κ3) is 1.98. The standard InChI is InChI=1S/C11H12N4O3/c1-14-9-4-8(15(13)5-7(12)6-16)2-3-10(9)18-11(14)17/h2-6H,12-13H2,1H3/b7-5-. The van der Waals surface area contributed by atoms with Gasteiger partial charge in [0.25, 0.3) is 0 Å². The van der Waals surface area contributed by atoms with Gasteiger partial charge in [-0.1, -0.05) is 0 Å². The zero-order chi connectivity index (χ0) is 13.3. The number of hydrogen-bond acceptors (Lipinski definition) is 6. The summed E-state index contributed by atoms with van der Waals surface area (Å²) in [4.78, 5) is 21.7. The van der Waals surface area contributed by atoms with E-state index in [2.05, 4.69) is 0 Å². The Hall–Kier alpha value is -2.54. The van der Waals surface area contributed by atoms with E-state index in [0.29, 0.717) is 23.1 Å². The van der Waals surface area contributed by atoms with Crippen LogP contribution in [0.2, 0.25) is 0 Å². The predicted molar refractivity (Wildman–Crippen MR) is 66.5 cm³/mol. The van der Waals surface area contributed by atoms with Crippen molar-refractivity contribution in [3.63, 3.8) is 0 Å². The summed E-state index contributed by atoms with van der Waals surface area (Å²) < 4.78 is 6.35. The van der Waals surface area contributed by atoms with Gasteiger partial charge in [-0.05, 0) is 18.2 Å². The molecule has 0 radical (unpaired) electrons. The number of oxazole rings is 1. The van der Waals surface area contributed by atoms with Crippen LogP contribution in [0, 0.1) is 0 Å². The number of fused-ring (bicyclic) bond motifs is 1. The molecule has 0 spiro atoms. The van der Waals surface area contributed by atoms with Gasteiger partial charge in [-0.3, -0.25) is 14.4 Å². The molecule has 2 aromatic rings. The lowest BCUT2D eigenvalue weighted by atomic mass is 10.3. The summed E-state index contributed by atoms with van der Waals surface area (Å²) in [5, 5.41) is 1.20. The first-order chi connectivity index (χ1) is 8.52. The zero-order valence-electron chi connectivity index (χ0n) is 9.66. The first-order valence-electron chi connectivity index (χ1n) is 5.09. The second-order valence-electron chi connectivity index (χ2n) is 3.73. The van der Waals surface area contributed by atoms with E-state index in [0.717, 1.165) is 0 Å². The van der Waals surface area contributed by atoms with Crippen LogP contribution in [0.1, 0.15) is 0 Å². The Balaban J connectivity index is 2.50. The maximum atomic E-state index is 11.3. The average molecular weight is 248 g/mol. The molecule has 0 unspecified atom stereocenters. The van der Waals surface area contributed by atoms with Gasteiger partial charge in [0.15, 0.2) is 11.9 Å². The fourth-order valence-electron chi connectivity index (χ4n) is 1.54. The summed E-state index contributed by atoms with van der Waals surface area (Å²) in [7, 11) is 1.59. The van der Waals surface area contributed by atoms with Gasteiger partial charge in [0.05, 0.1) is 16.9 Å². The molecule has 0 bridgehead atoms. The number of nitrogens with two attached hydrogens (primary N) is 2. The molecule has 1 aromatic carbocycles. The number of allylic oxidation sites excluding steroid dienone is 1. The van der Waals surface area contributed by atoms with Crippen molar-refractivity contribution in [3.8, 4) is 0 Å². The number of nitrogens with zero attached hydrogens (tertiary/aromatic N) is 2. The molecule has 1 heterocycles. The van der Waals surface area contributed by atoms with Gasteiger partial charge in [-0.2, -0.15) is 0 Å². The highest BCUT2D eigenvalue weighted by Gasteiger charge is 2.08. The third-order valence-corrected chi connectivity index (χ3v) is 2.50. The normalized spacial score (nSPS) is 11.8. The number of carbonyl (C=O) groups excluding carboxylic acids is 1. The molecule has 94 valence electrons. The number of aromatic nitrogens is 1. The predicted octanol–water partition coefficient (Wildman–Crippen LogP) is -0.189. The number of hydrazine groups is 1. The topological polar surface area (TPSA) is 107 Å². The highest BCUT2D eigenvalue weighted by atomic mass is 16.4. The minimum Gasteiger partial charge on any atom is -0.408 e. The van der Waals surface area contributed by atoms with E-state index in [1.54, 1.807) is 25.2 Å². The second-order valence-corrected chi connectivity index (χ2v) is 3.73. The van der Waals surface area contributed by atoms with E-state index in [1.807, 2.05) is 0 Å². The van der Waals surface area contributed by atoms with Crippen molar-refractivity contribution in [2.24, 2.45) is 18.6 Å². The molecule has 7 nitrogen and oxygen atoms in total. The number of aryl methyl sites for hydroxylation is 1. The molecular weight excluding hydrogens is 236 g/mol. The Morgan fingerprint density at radius 2 is 2.22 bits per heavy atom. The third-order valence-electron chi connectivity index (χ3n) is 2.50. The molecule has 0 aliphatic carbocycles. The lowest BCUT2D eigenvalue weighted by Crippen LogP contribution is -2.26. The molecule has 0 aliphatic heterocycles. The first-order valence-corrected chi connectivity index (χ1v) is 5.09. The van der Waals surface area contributed by atoms with Crippen molar-refractivity contribution in [2.45, 2.75) is 0 Å². The zero-order valence-corrected chi connectivity index (χ0v) is 9.66. The van der Waals surface area contributed by atoms with Crippen LogP contribution in [0.15, 0.2) is 39.3 Å². The van der Waals surface area contributed by atoms with E-state index >= 15 is 0 Å². The van der Waals surface area contributed by atoms with Crippen molar-refractivity contribution in [1.29, 1.82) is 0 Å². The Morgan fingerprint density at radius 1 is 1.50 bits per heavy atom. The average Bonchev–Trinajstić information content (AvgIpc) is 2.64. The van der Waals surface area contributed by atoms with Gasteiger partial charge in [-0.15, -0.1) is 0 Å². The van der Waals surface area contributed by atoms with Gasteiger partial charge in [-0.25, -0.2) is 10.6 Å². The Kier molecular flexibility index (Phi) is 2.90. The lowest BCUT2D eigenvalue weighted by molar-refractivity contribution is -0.105. The summed E-state index contributed by atoms with van der Waals surface area (Å²) >= 11 is 0. The lowest BCUT2D eigenvalue weighted by Gasteiger charge is -2.13. The highest BCUT2D eigenvalue weighted by Crippen LogP contribution is 2.19. The van der Waals surface area contributed by atoms with Crippen LogP contribution in [0.4, 0.5) is 5.69 Å². The molecule has 0 amide bonds. The van der Waals surface area contributed by atoms with Crippen LogP contribution in [0.5, 0.6) is 0 Å². The number of benzene rings is 1. The summed E-state index contributed by atoms with van der Waals surface area (Å²) in [6.45, 7) is 0. The molecule has 1 aromatic heterocycles. The molecule has 18 heavy (non-hydrogen) atoms. The highest BCUT2D eigenvalue weighted by molar-refractivity contribution is 5.79. The number of anilines is 1. The van der Waals surface area contributed by atoms with Crippen molar-refractivity contribution in [3.05, 3.63) is 40.6 Å². The summed E-state index contributed by atoms with van der Waals surface area (Å²) in [5.41, 5.74) is 6.99. The van der Waals surface area contributed by atoms with Gasteiger partial charge < -0.3 is 10.2 Å². The van der Waals surface area contributed by atoms with Crippen molar-refractivity contribution >= 4 is 23.1 Å². The maximum absolute atomic E-state index is 11.3. The largest absolute Gasteiger partial charge is 0.419 e. The van der Waals surface area contributed by atoms with Gasteiger partial charge in [0, 0.05) is 13.2 Å². The second kappa shape index (κ2) is 4.38. The molecule has 4 N–H and O–H groups in total. The summed E-state index contributed by atoms with van der Waals surface area (Å²) in [6.07, 6.45) is 1.78. The van der Waals surface area contributed by atoms with Crippen LogP contribution in [0.3, 0.4) is 0 Å². The van der Waals surface area contributed by atoms with Gasteiger partial charge in [0.2, 0.25) is 0 Å². The fourth-order valence-corrected chi connectivity index (χ4v) is 1.54. The first kappa shape index (κ1) is 11.9. The molecule has 0 atom stereocenters. The van der Waals surface area contributed by atoms with E-state index in [4.69, 9.17) is 16.0 Å². The van der Waals surface area contributed by atoms with Crippen molar-refractivity contribution in [2.75, 3.05) is 5.01 Å². The fraction of sp³-hybridized carbons (Fsp3) is 0.0909. The number of hydrogen-bond donors (Lipinski definition) is 2. The minimum atomic E-state index is -0.450. The van der Waals surface area contributed by atoms with Crippen molar-refractivity contribution in [1.82, 2.24) is 4.57 Å². The van der Waals surface area contributed by atoms with E-state index in [9.17, 15) is 9.59 Å². The van der Waals surface area contributed by atoms with E-state index in [-0.39, 0.29) is 5.70 Å². The van der Waals surface area contributed by atoms with E-state index < -0.39 is 5.76 Å². The Bertz CT molecular complexity index is 683. The minimum absolute atomic E-state index is 0.00122. The molecule has 0 aliphatic rings. The molecular formula is C11H12N4O3. The molecule has 0 saturated carbocycles. The SMILES string of the molecule is Cn1c(=O)oc2ccc(N(N)/C=C(\N)C=O)cc21. The quantitative estimate of drug-likeness (QED) is 0.337. The van der Waals surface area contributed by atoms with E-state index in [1.165, 1.54) is 15.8 Å². The molecule has 0 saturated heterocycles. The van der Waals surface area contributed by atoms with Crippen LogP contribution in [-0.2, 0) is 11.8 Å². The molecule has 2 rings (SSSR count). The van der Waals surface area contributed by atoms with Crippen LogP contribution in [-0.4, -0.2) is 10.9 Å². The van der Waals surface area contributed by atoms with Crippen LogP contribution in [0.25, 0.3) is 11.1 Å². The monoisotopic (exact) mass is 248 g/mol. The Labute approximate surface area is 102 Å². The number of aldehydes is 1. The number of carbonyl (C=O) groups is 1. The summed E-state index contributed by atoms with van der Waals surface area (Å²) in [6, 6.07) is 4.94. The van der Waals surface area contributed by atoms with Gasteiger partial charge >= 0.3 is 5.76 Å². The summed E-state index contributed by atoms with van der Waals surface area (Å²) in [5.74, 6) is 5.27. The number of rotatable bonds is 3. The maximum Gasteiger partial charge on any atom is 0.419 e.